The smallest absolute Gasteiger partial charge is 0.241 e. The van der Waals surface area contributed by atoms with Gasteiger partial charge in [0.05, 0.1) is 32.0 Å². The second-order valence-corrected chi connectivity index (χ2v) is 6.16. The van der Waals surface area contributed by atoms with Gasteiger partial charge in [-0.25, -0.2) is 0 Å². The number of aromatic nitrogens is 2. The number of hydrogen-bond donors (Lipinski definition) is 2. The minimum Gasteiger partial charge on any atom is -0.540 e. The van der Waals surface area contributed by atoms with Crippen LogP contribution in [-0.4, -0.2) is 46.8 Å². The van der Waals surface area contributed by atoms with Crippen molar-refractivity contribution in [2.45, 2.75) is 32.5 Å². The summed E-state index contributed by atoms with van der Waals surface area (Å²) in [6.45, 7) is 3.32. The summed E-state index contributed by atoms with van der Waals surface area (Å²) >= 11 is 0. The third kappa shape index (κ3) is 7.25. The molecule has 2 unspecified atom stereocenters. The summed E-state index contributed by atoms with van der Waals surface area (Å²) in [5, 5.41) is 25.3. The minimum absolute atomic E-state index is 0. The molecule has 0 amide bonds. The Morgan fingerprint density at radius 1 is 0.931 bits per heavy atom. The van der Waals surface area contributed by atoms with Crippen molar-refractivity contribution in [1.29, 1.82) is 0 Å². The van der Waals surface area contributed by atoms with Crippen LogP contribution in [0.2, 0.25) is 0 Å². The first-order valence-electron chi connectivity index (χ1n) is 8.84. The molecule has 0 aliphatic heterocycles. The van der Waals surface area contributed by atoms with Crippen molar-refractivity contribution in [3.8, 4) is 34.4 Å². The summed E-state index contributed by atoms with van der Waals surface area (Å²) < 4.78 is 16.3. The van der Waals surface area contributed by atoms with E-state index < -0.39 is 0 Å². The molecule has 1 radical (unpaired) electrons. The molecular formula is C21H25IrN2O5-. The Morgan fingerprint density at radius 2 is 1.52 bits per heavy atom. The molecule has 0 aliphatic carbocycles. The molecule has 3 rings (SSSR count). The van der Waals surface area contributed by atoms with E-state index >= 15 is 0 Å². The Bertz CT molecular complexity index is 800. The number of aliphatic hydroxyl groups is 2. The fourth-order valence-corrected chi connectivity index (χ4v) is 2.51. The van der Waals surface area contributed by atoms with Gasteiger partial charge in [0.25, 0.3) is 0 Å². The van der Waals surface area contributed by atoms with E-state index in [-0.39, 0.29) is 32.3 Å². The minimum atomic E-state index is -0.375. The zero-order valence-corrected chi connectivity index (χ0v) is 19.1. The Labute approximate surface area is 184 Å². The van der Waals surface area contributed by atoms with Crippen LogP contribution in [0.3, 0.4) is 0 Å². The van der Waals surface area contributed by atoms with Gasteiger partial charge in [-0.15, -0.1) is 29.4 Å². The van der Waals surface area contributed by atoms with E-state index in [9.17, 15) is 0 Å². The molecule has 0 bridgehead atoms. The Morgan fingerprint density at radius 3 is 2.10 bits per heavy atom. The molecule has 2 aromatic carbocycles. The second kappa shape index (κ2) is 12.3. The summed E-state index contributed by atoms with van der Waals surface area (Å²) in [4.78, 5) is 0. The van der Waals surface area contributed by atoms with Gasteiger partial charge in [-0.05, 0) is 38.0 Å². The largest absolute Gasteiger partial charge is 0.540 e. The number of hydrogen-bond acceptors (Lipinski definition) is 7. The van der Waals surface area contributed by atoms with Gasteiger partial charge in [-0.3, -0.25) is 0 Å². The van der Waals surface area contributed by atoms with Crippen LogP contribution in [0.1, 0.15) is 20.3 Å². The number of para-hydroxylation sites is 1. The van der Waals surface area contributed by atoms with Crippen LogP contribution in [0.4, 0.5) is 0 Å². The number of aliphatic hydroxyl groups excluding tert-OH is 2. The molecule has 2 atom stereocenters. The van der Waals surface area contributed by atoms with Crippen LogP contribution < -0.4 is 9.47 Å². The Balaban J connectivity index is 0.000000456. The van der Waals surface area contributed by atoms with Gasteiger partial charge in [-0.2, -0.15) is 5.10 Å². The molecule has 3 aromatic rings. The van der Waals surface area contributed by atoms with E-state index in [1.807, 2.05) is 36.4 Å². The zero-order valence-electron chi connectivity index (χ0n) is 16.8. The molecule has 1 aromatic heterocycles. The van der Waals surface area contributed by atoms with Crippen molar-refractivity contribution in [3.63, 3.8) is 0 Å². The molecule has 0 saturated carbocycles. The number of ether oxygens (including phenoxy) is 2. The molecule has 0 saturated heterocycles. The van der Waals surface area contributed by atoms with Crippen LogP contribution >= 0.6 is 0 Å². The van der Waals surface area contributed by atoms with Gasteiger partial charge < -0.3 is 24.1 Å². The Hall–Kier alpha value is -2.25. The predicted octanol–water partition coefficient (Wildman–Crippen LogP) is 3.36. The van der Waals surface area contributed by atoms with Gasteiger partial charge >= 0.3 is 0 Å². The standard InChI is InChI=1S/C16H13N2O3.C5H12O2.Ir/c1-19-13-9-5-3-7-11(13)15-17-18-16(21-15)12-8-4-6-10-14(12)20-2;1-4(6)3-5(2)7;/h3-7,9-10H,1-2H3;4-7H,3H2,1-2H3;/q-1;;. The molecule has 0 fully saturated rings. The van der Waals surface area contributed by atoms with E-state index in [0.29, 0.717) is 35.3 Å². The van der Waals surface area contributed by atoms with Gasteiger partial charge in [0, 0.05) is 25.9 Å². The van der Waals surface area contributed by atoms with Crippen LogP contribution in [0.25, 0.3) is 22.9 Å². The molecule has 7 nitrogen and oxygen atoms in total. The predicted molar refractivity (Wildman–Crippen MR) is 105 cm³/mol. The number of nitrogens with zero attached hydrogens (tertiary/aromatic N) is 2. The van der Waals surface area contributed by atoms with Gasteiger partial charge in [0.15, 0.2) is 5.89 Å². The summed E-state index contributed by atoms with van der Waals surface area (Å²) in [6.07, 6.45) is -0.278. The van der Waals surface area contributed by atoms with Crippen molar-refractivity contribution in [2.24, 2.45) is 0 Å². The molecular weight excluding hydrogens is 552 g/mol. The van der Waals surface area contributed by atoms with Crippen molar-refractivity contribution < 1.29 is 44.2 Å². The van der Waals surface area contributed by atoms with Crippen LogP contribution in [0, 0.1) is 6.07 Å². The average molecular weight is 578 g/mol. The average Bonchev–Trinajstić information content (AvgIpc) is 3.17. The molecule has 1 heterocycles. The van der Waals surface area contributed by atoms with Crippen LogP contribution in [0.5, 0.6) is 11.5 Å². The van der Waals surface area contributed by atoms with E-state index in [0.717, 1.165) is 5.56 Å². The normalized spacial score (nSPS) is 12.1. The summed E-state index contributed by atoms with van der Waals surface area (Å²) in [7, 11) is 3.19. The second-order valence-electron chi connectivity index (χ2n) is 6.16. The molecule has 0 spiro atoms. The van der Waals surface area contributed by atoms with E-state index in [4.69, 9.17) is 24.1 Å². The van der Waals surface area contributed by atoms with Crippen LogP contribution in [0.15, 0.2) is 46.9 Å². The summed E-state index contributed by atoms with van der Waals surface area (Å²) in [5.41, 5.74) is 1.38. The van der Waals surface area contributed by atoms with Crippen molar-refractivity contribution >= 4 is 0 Å². The van der Waals surface area contributed by atoms with Crippen LogP contribution in [-0.2, 0) is 20.1 Å². The number of rotatable bonds is 6. The summed E-state index contributed by atoms with van der Waals surface area (Å²) in [6, 6.07) is 15.9. The molecule has 8 heteroatoms. The quantitative estimate of drug-likeness (QED) is 0.434. The molecule has 159 valence electrons. The number of methoxy groups -OCH3 is 2. The first kappa shape index (κ1) is 24.8. The fraction of sp³-hybridized carbons (Fsp3) is 0.333. The number of benzene rings is 2. The fourth-order valence-electron chi connectivity index (χ4n) is 2.51. The molecule has 29 heavy (non-hydrogen) atoms. The van der Waals surface area contributed by atoms with Crippen molar-refractivity contribution in [3.05, 3.63) is 48.5 Å². The van der Waals surface area contributed by atoms with Crippen molar-refractivity contribution in [1.82, 2.24) is 10.2 Å². The monoisotopic (exact) mass is 578 g/mol. The van der Waals surface area contributed by atoms with Gasteiger partial charge in [0.1, 0.15) is 5.75 Å². The van der Waals surface area contributed by atoms with Gasteiger partial charge in [0.2, 0.25) is 5.89 Å². The maximum atomic E-state index is 8.56. The first-order chi connectivity index (χ1) is 13.5. The summed E-state index contributed by atoms with van der Waals surface area (Å²) in [5.74, 6) is 2.06. The SMILES string of the molecule is CC(O)CC(C)O.COc1ccc[c-]c1-c1nnc(-c2ccccc2OC)o1.[Ir]. The molecule has 2 N–H and O–H groups in total. The molecule has 0 aliphatic rings. The van der Waals surface area contributed by atoms with E-state index in [1.54, 1.807) is 34.1 Å². The topological polar surface area (TPSA) is 97.8 Å². The maximum Gasteiger partial charge on any atom is 0.241 e. The van der Waals surface area contributed by atoms with Gasteiger partial charge in [-0.1, -0.05) is 12.1 Å². The third-order valence-electron chi connectivity index (χ3n) is 3.70. The van der Waals surface area contributed by atoms with E-state index in [1.165, 1.54) is 0 Å². The third-order valence-corrected chi connectivity index (χ3v) is 3.70. The zero-order chi connectivity index (χ0) is 20.5. The van der Waals surface area contributed by atoms with E-state index in [2.05, 4.69) is 16.3 Å². The Kier molecular flexibility index (Phi) is 10.5. The van der Waals surface area contributed by atoms with Crippen molar-refractivity contribution in [2.75, 3.05) is 14.2 Å². The maximum absolute atomic E-state index is 8.56. The first-order valence-corrected chi connectivity index (χ1v) is 8.84.